The Bertz CT molecular complexity index is 872. The van der Waals surface area contributed by atoms with Gasteiger partial charge in [-0.3, -0.25) is 4.40 Å². The summed E-state index contributed by atoms with van der Waals surface area (Å²) in [6.45, 7) is 0. The molecule has 26 heavy (non-hydrogen) atoms. The van der Waals surface area contributed by atoms with Crippen LogP contribution in [0.25, 0.3) is 4.83 Å². The van der Waals surface area contributed by atoms with E-state index < -0.39 is 0 Å². The second-order valence-electron chi connectivity index (χ2n) is 8.11. The molecule has 0 radical (unpaired) electrons. The van der Waals surface area contributed by atoms with Gasteiger partial charge in [0.2, 0.25) is 0 Å². The van der Waals surface area contributed by atoms with Crippen molar-refractivity contribution in [2.24, 2.45) is 5.92 Å². The summed E-state index contributed by atoms with van der Waals surface area (Å²) < 4.78 is 2.14. The van der Waals surface area contributed by atoms with Gasteiger partial charge in [-0.25, -0.2) is 4.98 Å². The molecule has 3 nitrogen and oxygen atoms in total. The number of aliphatic hydroxyl groups is 1. The first-order chi connectivity index (χ1) is 12.8. The Balaban J connectivity index is 1.27. The number of fused-ring (bicyclic) bond motifs is 1. The topological polar surface area (TPSA) is 37.5 Å². The van der Waals surface area contributed by atoms with Crippen molar-refractivity contribution in [2.45, 2.75) is 62.9 Å². The van der Waals surface area contributed by atoms with Crippen LogP contribution in [0.1, 0.15) is 79.0 Å². The molecule has 0 bridgehead atoms. The summed E-state index contributed by atoms with van der Waals surface area (Å²) >= 11 is 1.83. The summed E-state index contributed by atoms with van der Waals surface area (Å²) in [7, 11) is 0. The number of rotatable bonds is 5. The Morgan fingerprint density at radius 3 is 2.50 bits per heavy atom. The summed E-state index contributed by atoms with van der Waals surface area (Å²) in [6.07, 6.45) is 11.9. The number of nitrogens with zero attached hydrogens (tertiary/aromatic N) is 2. The molecule has 2 aromatic heterocycles. The van der Waals surface area contributed by atoms with Gasteiger partial charge in [-0.15, -0.1) is 11.3 Å². The average molecular weight is 367 g/mol. The number of hydrogen-bond acceptors (Lipinski definition) is 3. The van der Waals surface area contributed by atoms with Gasteiger partial charge in [0.05, 0.1) is 18.0 Å². The van der Waals surface area contributed by atoms with Gasteiger partial charge >= 0.3 is 0 Å². The van der Waals surface area contributed by atoms with Gasteiger partial charge in [0.15, 0.2) is 0 Å². The van der Waals surface area contributed by atoms with Crippen LogP contribution in [0, 0.1) is 5.92 Å². The minimum absolute atomic E-state index is 0.355. The molecule has 1 atom stereocenters. The zero-order chi connectivity index (χ0) is 17.5. The highest BCUT2D eigenvalue weighted by atomic mass is 32.1. The first-order valence-electron chi connectivity index (χ1n) is 9.97. The Kier molecular flexibility index (Phi) is 4.33. The van der Waals surface area contributed by atoms with E-state index in [9.17, 15) is 5.11 Å². The van der Waals surface area contributed by atoms with Gasteiger partial charge in [0.1, 0.15) is 11.2 Å². The molecule has 0 aliphatic heterocycles. The minimum Gasteiger partial charge on any atom is -0.387 e. The highest BCUT2D eigenvalue weighted by Gasteiger charge is 2.33. The molecule has 1 aromatic carbocycles. The number of benzene rings is 1. The van der Waals surface area contributed by atoms with Crippen LogP contribution in [0.2, 0.25) is 0 Å². The maximum atomic E-state index is 11.1. The van der Waals surface area contributed by atoms with Crippen molar-refractivity contribution in [3.05, 3.63) is 59.0 Å². The van der Waals surface area contributed by atoms with Crippen molar-refractivity contribution in [1.29, 1.82) is 0 Å². The second-order valence-corrected chi connectivity index (χ2v) is 9.17. The Hall–Kier alpha value is -1.65. The number of thiazole rings is 1. The largest absolute Gasteiger partial charge is 0.387 e. The smallest absolute Gasteiger partial charge is 0.120 e. The molecule has 2 fully saturated rings. The van der Waals surface area contributed by atoms with E-state index >= 15 is 0 Å². The van der Waals surface area contributed by atoms with Crippen LogP contribution < -0.4 is 0 Å². The van der Waals surface area contributed by atoms with E-state index in [1.807, 2.05) is 23.9 Å². The number of hydrogen-bond donors (Lipinski definition) is 1. The van der Waals surface area contributed by atoms with Gasteiger partial charge < -0.3 is 5.11 Å². The van der Waals surface area contributed by atoms with Gasteiger partial charge in [-0.2, -0.15) is 0 Å². The van der Waals surface area contributed by atoms with Crippen LogP contribution in [-0.2, 0) is 0 Å². The maximum absolute atomic E-state index is 11.1. The van der Waals surface area contributed by atoms with E-state index in [-0.39, 0.29) is 6.10 Å². The van der Waals surface area contributed by atoms with Crippen LogP contribution in [0.15, 0.2) is 42.9 Å². The molecule has 2 saturated carbocycles. The van der Waals surface area contributed by atoms with Gasteiger partial charge in [0, 0.05) is 4.88 Å². The standard InChI is InChI=1S/C22H26N2OS/c25-19(21-22(18-10-11-18)26-20-13-23-14-24(20)21)12-15-6-8-17(9-7-15)16-4-2-1-3-5-16/h1-5,13-15,17-19,25H,6-12H2. The highest BCUT2D eigenvalue weighted by Crippen LogP contribution is 2.48. The van der Waals surface area contributed by atoms with Crippen molar-refractivity contribution in [2.75, 3.05) is 0 Å². The van der Waals surface area contributed by atoms with Crippen molar-refractivity contribution in [3.8, 4) is 0 Å². The highest BCUT2D eigenvalue weighted by molar-refractivity contribution is 7.17. The Morgan fingerprint density at radius 1 is 1.04 bits per heavy atom. The summed E-state index contributed by atoms with van der Waals surface area (Å²) in [5.41, 5.74) is 2.62. The average Bonchev–Trinajstić information content (AvgIpc) is 3.31. The van der Waals surface area contributed by atoms with Gasteiger partial charge in [-0.1, -0.05) is 30.3 Å². The lowest BCUT2D eigenvalue weighted by Gasteiger charge is -2.30. The van der Waals surface area contributed by atoms with E-state index in [1.54, 1.807) is 0 Å². The lowest BCUT2D eigenvalue weighted by molar-refractivity contribution is 0.123. The normalized spacial score (nSPS) is 24.8. The summed E-state index contributed by atoms with van der Waals surface area (Å²) in [5.74, 6) is 2.02. The summed E-state index contributed by atoms with van der Waals surface area (Å²) in [5, 5.41) is 11.1. The molecule has 2 aliphatic rings. The van der Waals surface area contributed by atoms with E-state index in [1.165, 1.54) is 53.8 Å². The van der Waals surface area contributed by atoms with Crippen molar-refractivity contribution >= 4 is 16.2 Å². The SMILES string of the molecule is OC(CC1CCC(c2ccccc2)CC1)c1c(C2CC2)sc2cncn12. The van der Waals surface area contributed by atoms with E-state index in [2.05, 4.69) is 39.7 Å². The summed E-state index contributed by atoms with van der Waals surface area (Å²) in [6, 6.07) is 10.9. The fourth-order valence-electron chi connectivity index (χ4n) is 4.67. The van der Waals surface area contributed by atoms with Crippen LogP contribution >= 0.6 is 11.3 Å². The molecule has 1 unspecified atom stereocenters. The maximum Gasteiger partial charge on any atom is 0.120 e. The molecule has 4 heteroatoms. The molecular weight excluding hydrogens is 340 g/mol. The molecule has 0 saturated heterocycles. The van der Waals surface area contributed by atoms with Crippen molar-refractivity contribution in [1.82, 2.24) is 9.38 Å². The molecule has 136 valence electrons. The molecular formula is C22H26N2OS. The zero-order valence-electron chi connectivity index (χ0n) is 15.1. The second kappa shape index (κ2) is 6.82. The van der Waals surface area contributed by atoms with Gasteiger partial charge in [0.25, 0.3) is 0 Å². The number of imidazole rings is 1. The lowest BCUT2D eigenvalue weighted by Crippen LogP contribution is -2.17. The third-order valence-corrected chi connectivity index (χ3v) is 7.54. The number of aromatic nitrogens is 2. The van der Waals surface area contributed by atoms with Gasteiger partial charge in [-0.05, 0) is 68.3 Å². The predicted molar refractivity (Wildman–Crippen MR) is 106 cm³/mol. The van der Waals surface area contributed by atoms with Crippen LogP contribution in [0.5, 0.6) is 0 Å². The van der Waals surface area contributed by atoms with E-state index in [4.69, 9.17) is 0 Å². The third-order valence-electron chi connectivity index (χ3n) is 6.27. The van der Waals surface area contributed by atoms with Crippen LogP contribution in [0.4, 0.5) is 0 Å². The van der Waals surface area contributed by atoms with E-state index in [0.29, 0.717) is 17.8 Å². The number of aliphatic hydroxyl groups excluding tert-OH is 1. The molecule has 2 heterocycles. The van der Waals surface area contributed by atoms with Crippen molar-refractivity contribution in [3.63, 3.8) is 0 Å². The lowest BCUT2D eigenvalue weighted by atomic mass is 9.76. The first-order valence-corrected chi connectivity index (χ1v) is 10.8. The first kappa shape index (κ1) is 16.5. The molecule has 3 aromatic rings. The summed E-state index contributed by atoms with van der Waals surface area (Å²) in [4.78, 5) is 6.86. The van der Waals surface area contributed by atoms with Crippen LogP contribution in [0.3, 0.4) is 0 Å². The zero-order valence-corrected chi connectivity index (χ0v) is 15.9. The monoisotopic (exact) mass is 366 g/mol. The Labute approximate surface area is 158 Å². The quantitative estimate of drug-likeness (QED) is 0.631. The molecule has 5 rings (SSSR count). The minimum atomic E-state index is -0.355. The van der Waals surface area contributed by atoms with Crippen molar-refractivity contribution < 1.29 is 5.11 Å². The van der Waals surface area contributed by atoms with Crippen LogP contribution in [-0.4, -0.2) is 14.5 Å². The Morgan fingerprint density at radius 2 is 1.77 bits per heavy atom. The molecule has 0 spiro atoms. The van der Waals surface area contributed by atoms with E-state index in [0.717, 1.165) is 12.1 Å². The molecule has 1 N–H and O–H groups in total. The fraction of sp³-hybridized carbons (Fsp3) is 0.500. The molecule has 0 amide bonds. The fourth-order valence-corrected chi connectivity index (χ4v) is 5.99. The predicted octanol–water partition coefficient (Wildman–Crippen LogP) is 5.67. The molecule has 2 aliphatic carbocycles. The third kappa shape index (κ3) is 3.10.